The number of carbonyl (C=O) groups excluding carboxylic acids is 2. The molecule has 234 valence electrons. The van der Waals surface area contributed by atoms with Crippen molar-refractivity contribution in [1.82, 2.24) is 19.4 Å². The van der Waals surface area contributed by atoms with Crippen LogP contribution < -0.4 is 9.44 Å². The minimum absolute atomic E-state index is 0.0546. The third-order valence-electron chi connectivity index (χ3n) is 6.93. The summed E-state index contributed by atoms with van der Waals surface area (Å²) in [6.45, 7) is 0. The molecule has 5 rings (SSSR count). The van der Waals surface area contributed by atoms with Gasteiger partial charge < -0.3 is 9.72 Å². The van der Waals surface area contributed by atoms with Crippen LogP contribution in [0.3, 0.4) is 0 Å². The second-order valence-electron chi connectivity index (χ2n) is 9.92. The molecular weight excluding hydrogens is 649 g/mol. The van der Waals surface area contributed by atoms with E-state index in [9.17, 15) is 40.3 Å². The number of ether oxygens (including phenoxy) is 1. The zero-order valence-electron chi connectivity index (χ0n) is 22.6. The number of H-pyrrole nitrogens is 1. The summed E-state index contributed by atoms with van der Waals surface area (Å²) in [4.78, 5) is 30.5. The molecule has 44 heavy (non-hydrogen) atoms. The van der Waals surface area contributed by atoms with Crippen molar-refractivity contribution in [3.8, 4) is 0 Å². The van der Waals surface area contributed by atoms with Crippen LogP contribution in [-0.4, -0.2) is 46.5 Å². The highest BCUT2D eigenvalue weighted by atomic mass is 35.5. The first-order valence-corrected chi connectivity index (χ1v) is 16.2. The quantitative estimate of drug-likeness (QED) is 0.153. The van der Waals surface area contributed by atoms with Crippen LogP contribution in [0.15, 0.2) is 65.6 Å². The molecule has 1 aliphatic rings. The lowest BCUT2D eigenvalue weighted by Gasteiger charge is -2.32. The van der Waals surface area contributed by atoms with E-state index in [4.69, 9.17) is 16.3 Å². The first kappa shape index (κ1) is 31.7. The van der Waals surface area contributed by atoms with E-state index in [0.717, 1.165) is 12.1 Å². The van der Waals surface area contributed by atoms with Crippen molar-refractivity contribution in [3.63, 3.8) is 0 Å². The number of aromatic nitrogens is 2. The summed E-state index contributed by atoms with van der Waals surface area (Å²) >= 11 is 5.68. The number of methoxy groups -OCH3 is 1. The van der Waals surface area contributed by atoms with E-state index < -0.39 is 65.6 Å². The fraction of sp³-hybridized carbons (Fsp3) is 0.222. The predicted octanol–water partition coefficient (Wildman–Crippen LogP) is 5.51. The van der Waals surface area contributed by atoms with Gasteiger partial charge >= 0.3 is 12.1 Å². The molecule has 1 aromatic heterocycles. The number of nitrogens with one attached hydrogen (secondary N) is 3. The zero-order valence-corrected chi connectivity index (χ0v) is 24.9. The maximum Gasteiger partial charge on any atom is 0.417 e. The second-order valence-corrected chi connectivity index (χ2v) is 14.0. The summed E-state index contributed by atoms with van der Waals surface area (Å²) < 4.78 is 97.0. The van der Waals surface area contributed by atoms with Crippen LogP contribution in [0.4, 0.5) is 13.2 Å². The number of benzene rings is 3. The summed E-state index contributed by atoms with van der Waals surface area (Å²) in [5.74, 6) is -1.02. The summed E-state index contributed by atoms with van der Waals surface area (Å²) in [5, 5.41) is -1.53. The Morgan fingerprint density at radius 2 is 1.86 bits per heavy atom. The van der Waals surface area contributed by atoms with Crippen molar-refractivity contribution in [2.75, 3.05) is 7.11 Å². The fourth-order valence-corrected chi connectivity index (χ4v) is 7.69. The number of carbonyl (C=O) groups is 2. The maximum atomic E-state index is 13.5. The van der Waals surface area contributed by atoms with Crippen molar-refractivity contribution in [3.05, 3.63) is 93.8 Å². The molecule has 11 nitrogen and oxygen atoms in total. The van der Waals surface area contributed by atoms with Crippen LogP contribution in [0.2, 0.25) is 5.02 Å². The number of hydrogen-bond donors (Lipinski definition) is 5. The van der Waals surface area contributed by atoms with Crippen LogP contribution in [0.25, 0.3) is 11.0 Å². The first-order chi connectivity index (χ1) is 20.6. The third kappa shape index (κ3) is 6.55. The van der Waals surface area contributed by atoms with E-state index in [1.165, 1.54) is 25.3 Å². The van der Waals surface area contributed by atoms with Gasteiger partial charge in [0.2, 0.25) is 15.9 Å². The van der Waals surface area contributed by atoms with Crippen LogP contribution in [0, 0.1) is 0 Å². The molecule has 5 N–H and O–H groups in total. The van der Waals surface area contributed by atoms with E-state index in [0.29, 0.717) is 28.2 Å². The van der Waals surface area contributed by atoms with E-state index in [-0.39, 0.29) is 24.2 Å². The molecule has 3 aromatic carbocycles. The fourth-order valence-electron chi connectivity index (χ4n) is 4.75. The number of aromatic amines is 1. The lowest BCUT2D eigenvalue weighted by atomic mass is 10.0. The number of imidazole rings is 1. The predicted molar refractivity (Wildman–Crippen MR) is 155 cm³/mol. The van der Waals surface area contributed by atoms with Crippen molar-refractivity contribution in [2.24, 2.45) is 0 Å². The SMILES string of the molecule is COC(=O)c1ccc2nc([C@H](Cc3ccc(C4CC(=O)NS4(O)O)cc3)NS(=O)(=O)c3ccc(Cl)c(C(F)(F)F)c3)[nH]c2c1. The van der Waals surface area contributed by atoms with Crippen LogP contribution >= 0.6 is 22.4 Å². The number of fused-ring (bicyclic) bond motifs is 1. The summed E-state index contributed by atoms with van der Waals surface area (Å²) in [6.07, 6.45) is -5.08. The highest BCUT2D eigenvalue weighted by Crippen LogP contribution is 2.56. The monoisotopic (exact) mass is 672 g/mol. The number of halogens is 4. The van der Waals surface area contributed by atoms with Gasteiger partial charge in [-0.3, -0.25) is 18.6 Å². The lowest BCUT2D eigenvalue weighted by molar-refractivity contribution is -0.137. The van der Waals surface area contributed by atoms with Gasteiger partial charge in [-0.2, -0.15) is 13.2 Å². The topological polar surface area (TPSA) is 171 Å². The number of amides is 1. The summed E-state index contributed by atoms with van der Waals surface area (Å²) in [6, 6.07) is 11.8. The molecule has 0 saturated carbocycles. The molecule has 1 amide bonds. The van der Waals surface area contributed by atoms with Gasteiger partial charge in [0.15, 0.2) is 0 Å². The summed E-state index contributed by atoms with van der Waals surface area (Å²) in [5.41, 5.74) is 0.634. The average Bonchev–Trinajstić information content (AvgIpc) is 3.50. The first-order valence-electron chi connectivity index (χ1n) is 12.7. The zero-order chi connectivity index (χ0) is 32.0. The highest BCUT2D eigenvalue weighted by Gasteiger charge is 2.38. The van der Waals surface area contributed by atoms with E-state index in [1.807, 2.05) is 0 Å². The Hall–Kier alpha value is -3.67. The minimum Gasteiger partial charge on any atom is -0.465 e. The van der Waals surface area contributed by atoms with Gasteiger partial charge in [-0.25, -0.2) is 22.9 Å². The van der Waals surface area contributed by atoms with Crippen molar-refractivity contribution < 1.29 is 45.0 Å². The molecule has 17 heteroatoms. The average molecular weight is 673 g/mol. The molecule has 2 heterocycles. The Labute approximate surface area is 255 Å². The molecular formula is C27H24ClF3N4O7S2. The van der Waals surface area contributed by atoms with Gasteiger partial charge in [0.1, 0.15) is 11.1 Å². The molecule has 0 spiro atoms. The van der Waals surface area contributed by atoms with Crippen LogP contribution in [0.1, 0.15) is 50.6 Å². The van der Waals surface area contributed by atoms with Gasteiger partial charge in [-0.05, 0) is 53.9 Å². The molecule has 2 atom stereocenters. The molecule has 1 aliphatic heterocycles. The Kier molecular flexibility index (Phi) is 8.43. The molecule has 1 fully saturated rings. The highest BCUT2D eigenvalue weighted by molar-refractivity contribution is 8.23. The van der Waals surface area contributed by atoms with E-state index in [1.54, 1.807) is 24.3 Å². The van der Waals surface area contributed by atoms with Gasteiger partial charge in [0.25, 0.3) is 0 Å². The number of nitrogens with zero attached hydrogens (tertiary/aromatic N) is 1. The number of alkyl halides is 3. The Balaban J connectivity index is 1.51. The normalized spacial score (nSPS) is 18.2. The van der Waals surface area contributed by atoms with Gasteiger partial charge in [-0.1, -0.05) is 35.9 Å². The molecule has 0 radical (unpaired) electrons. The number of rotatable bonds is 8. The standard InChI is InChI=1S/C27H24ClF3N4O7S2/c1-42-26(37)16-6-9-20-21(11-16)33-25(32-20)22(34-43(38,39)17-7-8-19(28)18(12-17)27(29,30)31)10-14-2-4-15(5-3-14)23-13-24(36)35-44(23,40)41/h2-9,11-12,22-23,34,40-41H,10,13H2,1H3,(H,32,33)(H,35,36)/t22-,23?/m0/s1. The summed E-state index contributed by atoms with van der Waals surface area (Å²) in [7, 11) is -6.77. The van der Waals surface area contributed by atoms with Crippen molar-refractivity contribution >= 4 is 55.3 Å². The Morgan fingerprint density at radius 1 is 1.16 bits per heavy atom. The molecule has 0 bridgehead atoms. The maximum absolute atomic E-state index is 13.5. The number of hydrogen-bond acceptors (Lipinski definition) is 8. The largest absolute Gasteiger partial charge is 0.465 e. The van der Waals surface area contributed by atoms with Crippen LogP contribution in [0.5, 0.6) is 0 Å². The Morgan fingerprint density at radius 3 is 2.48 bits per heavy atom. The molecule has 0 aliphatic carbocycles. The number of esters is 1. The van der Waals surface area contributed by atoms with Crippen molar-refractivity contribution in [1.29, 1.82) is 0 Å². The minimum atomic E-state index is -4.90. The third-order valence-corrected chi connectivity index (χ3v) is 10.5. The smallest absolute Gasteiger partial charge is 0.417 e. The molecule has 4 aromatic rings. The van der Waals surface area contributed by atoms with E-state index >= 15 is 0 Å². The molecule has 1 saturated heterocycles. The Bertz CT molecular complexity index is 1870. The van der Waals surface area contributed by atoms with Crippen LogP contribution in [-0.2, 0) is 32.2 Å². The van der Waals surface area contributed by atoms with Gasteiger partial charge in [-0.15, -0.1) is 10.8 Å². The van der Waals surface area contributed by atoms with Gasteiger partial charge in [0.05, 0.1) is 51.7 Å². The van der Waals surface area contributed by atoms with Gasteiger partial charge in [0, 0.05) is 0 Å². The second kappa shape index (κ2) is 11.7. The number of sulfonamides is 1. The van der Waals surface area contributed by atoms with E-state index in [2.05, 4.69) is 19.4 Å². The molecule has 1 unspecified atom stereocenters. The lowest BCUT2D eigenvalue weighted by Crippen LogP contribution is -2.31. The van der Waals surface area contributed by atoms with Crippen molar-refractivity contribution in [2.45, 2.75) is 35.2 Å².